The molecule has 0 N–H and O–H groups in total. The van der Waals surface area contributed by atoms with Crippen LogP contribution in [0.4, 0.5) is 13.2 Å². The van der Waals surface area contributed by atoms with Gasteiger partial charge in [0, 0.05) is 10.8 Å². The van der Waals surface area contributed by atoms with Crippen LogP contribution in [0.15, 0.2) is 65.1 Å². The molecular formula is C22H18F3NO. The molecule has 5 heteroatoms. The molecule has 2 heterocycles. The van der Waals surface area contributed by atoms with Crippen LogP contribution >= 0.6 is 0 Å². The van der Waals surface area contributed by atoms with Crippen molar-refractivity contribution in [1.29, 1.82) is 0 Å². The zero-order valence-corrected chi connectivity index (χ0v) is 15.0. The Labute approximate surface area is 154 Å². The molecule has 0 aliphatic rings. The summed E-state index contributed by atoms with van der Waals surface area (Å²) in [7, 11) is 0. The summed E-state index contributed by atoms with van der Waals surface area (Å²) >= 11 is 0. The second-order valence-electron chi connectivity index (χ2n) is 7.39. The van der Waals surface area contributed by atoms with Gasteiger partial charge in [0.25, 0.3) is 0 Å². The van der Waals surface area contributed by atoms with Gasteiger partial charge in [-0.15, -0.1) is 0 Å². The molecule has 0 fully saturated rings. The highest BCUT2D eigenvalue weighted by molar-refractivity contribution is 5.87. The minimum atomic E-state index is -4.29. The summed E-state index contributed by atoms with van der Waals surface area (Å²) < 4.78 is 46.2. The lowest BCUT2D eigenvalue weighted by atomic mass is 9.84. The van der Waals surface area contributed by atoms with E-state index in [4.69, 9.17) is 4.42 Å². The molecule has 138 valence electrons. The quantitative estimate of drug-likeness (QED) is 0.398. The van der Waals surface area contributed by atoms with Crippen molar-refractivity contribution in [3.63, 3.8) is 0 Å². The number of nitrogens with zero attached hydrogens (tertiary/aromatic N) is 1. The third-order valence-corrected chi connectivity index (χ3v) is 4.88. The molecule has 27 heavy (non-hydrogen) atoms. The van der Waals surface area contributed by atoms with Crippen molar-refractivity contribution in [1.82, 2.24) is 4.98 Å². The highest BCUT2D eigenvalue weighted by Gasteiger charge is 2.47. The smallest absolute Gasteiger partial charge is 0.394 e. The predicted octanol–water partition coefficient (Wildman–Crippen LogP) is 6.78. The number of halogens is 3. The molecule has 0 bridgehead atoms. The Hall–Kier alpha value is -2.82. The van der Waals surface area contributed by atoms with E-state index in [0.717, 1.165) is 16.4 Å². The number of aromatic nitrogens is 1. The van der Waals surface area contributed by atoms with Crippen LogP contribution in [0, 0.1) is 5.41 Å². The third-order valence-electron chi connectivity index (χ3n) is 4.88. The van der Waals surface area contributed by atoms with Crippen molar-refractivity contribution in [2.24, 2.45) is 5.41 Å². The molecule has 0 spiro atoms. The van der Waals surface area contributed by atoms with Crippen LogP contribution in [0.5, 0.6) is 0 Å². The Kier molecular flexibility index (Phi) is 3.98. The summed E-state index contributed by atoms with van der Waals surface area (Å²) in [6.07, 6.45) is -4.43. The number of para-hydroxylation sites is 2. The normalized spacial score (nSPS) is 12.8. The van der Waals surface area contributed by atoms with Crippen molar-refractivity contribution in [2.75, 3.05) is 0 Å². The van der Waals surface area contributed by atoms with Gasteiger partial charge in [-0.3, -0.25) is 0 Å². The van der Waals surface area contributed by atoms with E-state index in [1.54, 1.807) is 6.07 Å². The minimum absolute atomic E-state index is 0.132. The second kappa shape index (κ2) is 6.12. The Morgan fingerprint density at radius 2 is 1.63 bits per heavy atom. The Balaban J connectivity index is 1.88. The monoisotopic (exact) mass is 369 g/mol. The van der Waals surface area contributed by atoms with Crippen molar-refractivity contribution in [3.8, 4) is 11.5 Å². The van der Waals surface area contributed by atoms with E-state index in [0.29, 0.717) is 22.5 Å². The number of benzene rings is 2. The van der Waals surface area contributed by atoms with E-state index < -0.39 is 11.6 Å². The topological polar surface area (TPSA) is 26.0 Å². The summed E-state index contributed by atoms with van der Waals surface area (Å²) in [6.45, 7) is 2.45. The number of fused-ring (bicyclic) bond motifs is 2. The van der Waals surface area contributed by atoms with Gasteiger partial charge in [-0.1, -0.05) is 50.2 Å². The fourth-order valence-electron chi connectivity index (χ4n) is 3.20. The Morgan fingerprint density at radius 1 is 0.926 bits per heavy atom. The first kappa shape index (κ1) is 17.6. The number of hydrogen-bond donors (Lipinski definition) is 0. The maximum absolute atomic E-state index is 13.4. The van der Waals surface area contributed by atoms with Crippen molar-refractivity contribution in [3.05, 3.63) is 66.2 Å². The zero-order chi connectivity index (χ0) is 19.2. The maximum Gasteiger partial charge on any atom is 0.394 e. The van der Waals surface area contributed by atoms with Gasteiger partial charge in [0.05, 0.1) is 10.9 Å². The molecule has 0 amide bonds. The molecule has 0 unspecified atom stereocenters. The van der Waals surface area contributed by atoms with Gasteiger partial charge in [0.15, 0.2) is 5.76 Å². The van der Waals surface area contributed by atoms with Crippen molar-refractivity contribution < 1.29 is 17.6 Å². The molecule has 2 aromatic heterocycles. The van der Waals surface area contributed by atoms with Crippen LogP contribution in [0.25, 0.3) is 33.3 Å². The first-order valence-electron chi connectivity index (χ1n) is 8.69. The minimum Gasteiger partial charge on any atom is -0.454 e. The largest absolute Gasteiger partial charge is 0.454 e. The molecule has 2 aromatic carbocycles. The Bertz CT molecular complexity index is 1090. The lowest BCUT2D eigenvalue weighted by Crippen LogP contribution is -2.34. The zero-order valence-electron chi connectivity index (χ0n) is 15.0. The van der Waals surface area contributed by atoms with E-state index in [2.05, 4.69) is 4.98 Å². The van der Waals surface area contributed by atoms with Crippen molar-refractivity contribution in [2.45, 2.75) is 26.4 Å². The van der Waals surface area contributed by atoms with Crippen LogP contribution in [0.1, 0.15) is 19.4 Å². The Morgan fingerprint density at radius 3 is 2.37 bits per heavy atom. The molecule has 0 saturated heterocycles. The highest BCUT2D eigenvalue weighted by atomic mass is 19.4. The third kappa shape index (κ3) is 3.18. The fourth-order valence-corrected chi connectivity index (χ4v) is 3.20. The molecule has 0 aliphatic carbocycles. The van der Waals surface area contributed by atoms with E-state index in [1.807, 2.05) is 54.6 Å². The number of hydrogen-bond acceptors (Lipinski definition) is 2. The van der Waals surface area contributed by atoms with Crippen LogP contribution in [-0.4, -0.2) is 11.2 Å². The van der Waals surface area contributed by atoms with Gasteiger partial charge in [-0.2, -0.15) is 13.2 Å². The highest BCUT2D eigenvalue weighted by Crippen LogP contribution is 2.42. The predicted molar refractivity (Wildman–Crippen MR) is 100 cm³/mol. The van der Waals surface area contributed by atoms with E-state index in [-0.39, 0.29) is 6.42 Å². The molecular weight excluding hydrogens is 351 g/mol. The SMILES string of the molecule is CC(C)(Cc1cc(-c2cc3ccccc3o2)nc2ccccc12)C(F)(F)F. The van der Waals surface area contributed by atoms with Gasteiger partial charge in [-0.05, 0) is 36.2 Å². The van der Waals surface area contributed by atoms with Gasteiger partial charge in [-0.25, -0.2) is 4.98 Å². The summed E-state index contributed by atoms with van der Waals surface area (Å²) in [5.74, 6) is 0.549. The standard InChI is InChI=1S/C22H18F3NO/c1-21(2,22(23,24)25)13-15-11-18(26-17-9-5-4-8-16(15)17)20-12-14-7-3-6-10-19(14)27-20/h3-12H,13H2,1-2H3. The first-order chi connectivity index (χ1) is 12.7. The van der Waals surface area contributed by atoms with Crippen LogP contribution in [0.2, 0.25) is 0 Å². The first-order valence-corrected chi connectivity index (χ1v) is 8.69. The molecule has 0 saturated carbocycles. The molecule has 0 aliphatic heterocycles. The van der Waals surface area contributed by atoms with Crippen molar-refractivity contribution >= 4 is 21.9 Å². The number of furan rings is 1. The molecule has 2 nitrogen and oxygen atoms in total. The number of rotatable bonds is 3. The van der Waals surface area contributed by atoms with Gasteiger partial charge < -0.3 is 4.42 Å². The lowest BCUT2D eigenvalue weighted by Gasteiger charge is -2.28. The van der Waals surface area contributed by atoms with Gasteiger partial charge in [0.1, 0.15) is 11.3 Å². The summed E-state index contributed by atoms with van der Waals surface area (Å²) in [5.41, 5.74) is 0.682. The number of pyridine rings is 1. The lowest BCUT2D eigenvalue weighted by molar-refractivity contribution is -0.210. The fraction of sp³-hybridized carbons (Fsp3) is 0.227. The summed E-state index contributed by atoms with van der Waals surface area (Å²) in [5, 5.41) is 1.66. The molecule has 0 atom stereocenters. The van der Waals surface area contributed by atoms with Crippen LogP contribution < -0.4 is 0 Å². The average Bonchev–Trinajstić information content (AvgIpc) is 3.04. The van der Waals surface area contributed by atoms with Crippen LogP contribution in [-0.2, 0) is 6.42 Å². The molecule has 4 aromatic rings. The van der Waals surface area contributed by atoms with E-state index in [9.17, 15) is 13.2 Å². The van der Waals surface area contributed by atoms with Gasteiger partial charge in [0.2, 0.25) is 0 Å². The van der Waals surface area contributed by atoms with E-state index in [1.165, 1.54) is 13.8 Å². The summed E-state index contributed by atoms with van der Waals surface area (Å²) in [6, 6.07) is 18.4. The molecule has 0 radical (unpaired) electrons. The second-order valence-corrected chi connectivity index (χ2v) is 7.39. The molecule has 4 rings (SSSR count). The van der Waals surface area contributed by atoms with Gasteiger partial charge >= 0.3 is 6.18 Å². The average molecular weight is 369 g/mol. The summed E-state index contributed by atoms with van der Waals surface area (Å²) in [4.78, 5) is 4.62. The maximum atomic E-state index is 13.4. The van der Waals surface area contributed by atoms with E-state index >= 15 is 0 Å². The number of alkyl halides is 3. The van der Waals surface area contributed by atoms with Crippen LogP contribution in [0.3, 0.4) is 0 Å².